The number of aromatic nitrogens is 2. The smallest absolute Gasteiger partial charge is 0.269 e. The van der Waals surface area contributed by atoms with Crippen molar-refractivity contribution < 1.29 is 4.79 Å². The van der Waals surface area contributed by atoms with Crippen LogP contribution in [0.4, 0.5) is 0 Å². The van der Waals surface area contributed by atoms with Gasteiger partial charge < -0.3 is 5.32 Å². The number of rotatable bonds is 3. The van der Waals surface area contributed by atoms with Crippen molar-refractivity contribution >= 4 is 5.91 Å². The van der Waals surface area contributed by atoms with Crippen molar-refractivity contribution in [2.45, 2.75) is 50.4 Å². The number of amides is 1. The second-order valence-electron chi connectivity index (χ2n) is 5.37. The Balaban J connectivity index is 1.96. The van der Waals surface area contributed by atoms with Crippen LogP contribution in [0.5, 0.6) is 0 Å². The van der Waals surface area contributed by atoms with E-state index >= 15 is 0 Å². The lowest BCUT2D eigenvalue weighted by Gasteiger charge is -2.11. The Kier molecular flexibility index (Phi) is 3.02. The molecule has 0 radical (unpaired) electrons. The SMILES string of the molecule is CNC(=O)c1cc(C2CC2)nc(C2CCCC2)n1. The fourth-order valence-electron chi connectivity index (χ4n) is 2.68. The van der Waals surface area contributed by atoms with Gasteiger partial charge in [-0.1, -0.05) is 12.8 Å². The van der Waals surface area contributed by atoms with Gasteiger partial charge in [0.1, 0.15) is 11.5 Å². The number of hydrogen-bond acceptors (Lipinski definition) is 3. The molecule has 2 fully saturated rings. The van der Waals surface area contributed by atoms with Gasteiger partial charge in [0.25, 0.3) is 5.91 Å². The van der Waals surface area contributed by atoms with Crippen LogP contribution < -0.4 is 5.32 Å². The summed E-state index contributed by atoms with van der Waals surface area (Å²) in [6.45, 7) is 0. The van der Waals surface area contributed by atoms with E-state index in [-0.39, 0.29) is 5.91 Å². The largest absolute Gasteiger partial charge is 0.354 e. The first-order valence-corrected chi connectivity index (χ1v) is 6.89. The highest BCUT2D eigenvalue weighted by atomic mass is 16.1. The van der Waals surface area contributed by atoms with Gasteiger partial charge in [0.15, 0.2) is 0 Å². The highest BCUT2D eigenvalue weighted by Gasteiger charge is 2.29. The van der Waals surface area contributed by atoms with Gasteiger partial charge in [0, 0.05) is 24.6 Å². The predicted octanol–water partition coefficient (Wildman–Crippen LogP) is 2.37. The molecule has 18 heavy (non-hydrogen) atoms. The first kappa shape index (κ1) is 11.6. The summed E-state index contributed by atoms with van der Waals surface area (Å²) in [5.74, 6) is 1.83. The molecule has 4 nitrogen and oxygen atoms in total. The van der Waals surface area contributed by atoms with Crippen molar-refractivity contribution in [1.82, 2.24) is 15.3 Å². The zero-order chi connectivity index (χ0) is 12.5. The summed E-state index contributed by atoms with van der Waals surface area (Å²) in [6, 6.07) is 1.87. The van der Waals surface area contributed by atoms with Gasteiger partial charge in [-0.2, -0.15) is 0 Å². The van der Waals surface area contributed by atoms with E-state index in [1.54, 1.807) is 7.05 Å². The Morgan fingerprint density at radius 1 is 1.17 bits per heavy atom. The second-order valence-corrected chi connectivity index (χ2v) is 5.37. The minimum atomic E-state index is -0.0986. The Morgan fingerprint density at radius 3 is 2.50 bits per heavy atom. The molecule has 1 amide bonds. The van der Waals surface area contributed by atoms with E-state index in [2.05, 4.69) is 10.3 Å². The molecule has 0 saturated heterocycles. The molecule has 0 unspecified atom stereocenters. The summed E-state index contributed by atoms with van der Waals surface area (Å²) >= 11 is 0. The van der Waals surface area contributed by atoms with Gasteiger partial charge in [-0.05, 0) is 31.7 Å². The molecule has 2 aliphatic rings. The quantitative estimate of drug-likeness (QED) is 0.889. The average molecular weight is 245 g/mol. The summed E-state index contributed by atoms with van der Waals surface area (Å²) < 4.78 is 0. The van der Waals surface area contributed by atoms with Gasteiger partial charge in [-0.15, -0.1) is 0 Å². The molecule has 1 aromatic rings. The third-order valence-electron chi connectivity index (χ3n) is 3.94. The summed E-state index contributed by atoms with van der Waals surface area (Å²) in [6.07, 6.45) is 7.26. The predicted molar refractivity (Wildman–Crippen MR) is 68.6 cm³/mol. The highest BCUT2D eigenvalue weighted by Crippen LogP contribution is 2.40. The third-order valence-corrected chi connectivity index (χ3v) is 3.94. The van der Waals surface area contributed by atoms with Crippen LogP contribution in [-0.2, 0) is 0 Å². The lowest BCUT2D eigenvalue weighted by Crippen LogP contribution is -2.21. The maximum Gasteiger partial charge on any atom is 0.269 e. The van der Waals surface area contributed by atoms with Gasteiger partial charge in [0.2, 0.25) is 0 Å². The first-order chi connectivity index (χ1) is 8.78. The molecule has 1 heterocycles. The molecule has 96 valence electrons. The molecule has 0 spiro atoms. The molecule has 0 aliphatic heterocycles. The Morgan fingerprint density at radius 2 is 1.89 bits per heavy atom. The normalized spacial score (nSPS) is 20.1. The Labute approximate surface area is 107 Å². The molecule has 2 aliphatic carbocycles. The average Bonchev–Trinajstić information content (AvgIpc) is 3.12. The number of carbonyl (C=O) groups is 1. The van der Waals surface area contributed by atoms with Gasteiger partial charge >= 0.3 is 0 Å². The van der Waals surface area contributed by atoms with E-state index < -0.39 is 0 Å². The minimum absolute atomic E-state index is 0.0986. The standard InChI is InChI=1S/C14H19N3O/c1-15-14(18)12-8-11(9-6-7-9)16-13(17-12)10-4-2-3-5-10/h8-10H,2-7H2,1H3,(H,15,18). The van der Waals surface area contributed by atoms with Crippen LogP contribution in [-0.4, -0.2) is 22.9 Å². The Hall–Kier alpha value is -1.45. The van der Waals surface area contributed by atoms with E-state index in [9.17, 15) is 4.79 Å². The number of nitrogens with one attached hydrogen (secondary N) is 1. The molecule has 1 aromatic heterocycles. The molecule has 0 bridgehead atoms. The van der Waals surface area contributed by atoms with Crippen molar-refractivity contribution in [3.8, 4) is 0 Å². The summed E-state index contributed by atoms with van der Waals surface area (Å²) in [7, 11) is 1.65. The van der Waals surface area contributed by atoms with E-state index in [1.807, 2.05) is 6.07 Å². The van der Waals surface area contributed by atoms with E-state index in [4.69, 9.17) is 4.98 Å². The van der Waals surface area contributed by atoms with Gasteiger partial charge in [-0.3, -0.25) is 4.79 Å². The lowest BCUT2D eigenvalue weighted by atomic mass is 10.1. The van der Waals surface area contributed by atoms with Crippen LogP contribution in [0.1, 0.15) is 72.4 Å². The third kappa shape index (κ3) is 2.24. The molecular formula is C14H19N3O. The number of carbonyl (C=O) groups excluding carboxylic acids is 1. The van der Waals surface area contributed by atoms with Crippen LogP contribution in [0.15, 0.2) is 6.07 Å². The van der Waals surface area contributed by atoms with E-state index in [1.165, 1.54) is 38.5 Å². The number of hydrogen-bond donors (Lipinski definition) is 1. The molecular weight excluding hydrogens is 226 g/mol. The molecule has 3 rings (SSSR count). The van der Waals surface area contributed by atoms with Crippen LogP contribution in [0, 0.1) is 0 Å². The van der Waals surface area contributed by atoms with Crippen LogP contribution in [0.2, 0.25) is 0 Å². The van der Waals surface area contributed by atoms with Crippen LogP contribution in [0.25, 0.3) is 0 Å². The topological polar surface area (TPSA) is 54.9 Å². The monoisotopic (exact) mass is 245 g/mol. The zero-order valence-corrected chi connectivity index (χ0v) is 10.8. The fourth-order valence-corrected chi connectivity index (χ4v) is 2.68. The number of nitrogens with zero attached hydrogens (tertiary/aromatic N) is 2. The highest BCUT2D eigenvalue weighted by molar-refractivity contribution is 5.92. The van der Waals surface area contributed by atoms with Crippen LogP contribution >= 0.6 is 0 Å². The molecule has 4 heteroatoms. The fraction of sp³-hybridized carbons (Fsp3) is 0.643. The molecule has 0 aromatic carbocycles. The van der Waals surface area contributed by atoms with Crippen molar-refractivity contribution in [3.63, 3.8) is 0 Å². The van der Waals surface area contributed by atoms with Crippen molar-refractivity contribution in [3.05, 3.63) is 23.3 Å². The second kappa shape index (κ2) is 4.67. The van der Waals surface area contributed by atoms with E-state index in [0.29, 0.717) is 17.5 Å². The molecule has 2 saturated carbocycles. The summed E-state index contributed by atoms with van der Waals surface area (Å²) in [5, 5.41) is 2.66. The maximum absolute atomic E-state index is 11.8. The first-order valence-electron chi connectivity index (χ1n) is 6.89. The van der Waals surface area contributed by atoms with Gasteiger partial charge in [0.05, 0.1) is 0 Å². The minimum Gasteiger partial charge on any atom is -0.354 e. The Bertz CT molecular complexity index is 462. The zero-order valence-electron chi connectivity index (χ0n) is 10.8. The summed E-state index contributed by atoms with van der Waals surface area (Å²) in [5.41, 5.74) is 1.61. The maximum atomic E-state index is 11.8. The molecule has 0 atom stereocenters. The molecule has 1 N–H and O–H groups in total. The van der Waals surface area contributed by atoms with Crippen molar-refractivity contribution in [1.29, 1.82) is 0 Å². The van der Waals surface area contributed by atoms with Crippen LogP contribution in [0.3, 0.4) is 0 Å². The van der Waals surface area contributed by atoms with Crippen molar-refractivity contribution in [2.75, 3.05) is 7.05 Å². The van der Waals surface area contributed by atoms with Crippen molar-refractivity contribution in [2.24, 2.45) is 0 Å². The summed E-state index contributed by atoms with van der Waals surface area (Å²) in [4.78, 5) is 21.0. The van der Waals surface area contributed by atoms with Gasteiger partial charge in [-0.25, -0.2) is 9.97 Å². The van der Waals surface area contributed by atoms with E-state index in [0.717, 1.165) is 11.5 Å². The lowest BCUT2D eigenvalue weighted by molar-refractivity contribution is 0.0957.